The van der Waals surface area contributed by atoms with E-state index in [9.17, 15) is 22.4 Å². The maximum atomic E-state index is 13.1. The van der Waals surface area contributed by atoms with E-state index in [0.717, 1.165) is 43.5 Å². The minimum Gasteiger partial charge on any atom is -0.452 e. The topological polar surface area (TPSA) is 92.8 Å². The summed E-state index contributed by atoms with van der Waals surface area (Å²) in [6.45, 7) is 6.70. The zero-order valence-electron chi connectivity index (χ0n) is 20.1. The Morgan fingerprint density at radius 2 is 1.78 bits per heavy atom. The lowest BCUT2D eigenvalue weighted by atomic mass is 9.65. The van der Waals surface area contributed by atoms with Gasteiger partial charge < -0.3 is 9.64 Å². The first kappa shape index (κ1) is 26.7. The molecule has 2 aromatic rings. The molecule has 4 rings (SSSR count). The van der Waals surface area contributed by atoms with E-state index >= 15 is 0 Å². The summed E-state index contributed by atoms with van der Waals surface area (Å²) >= 11 is 12.3. The highest BCUT2D eigenvalue weighted by molar-refractivity contribution is 7.92. The number of sulfonamides is 1. The number of carbonyl (C=O) groups is 2. The number of hydrogen-bond donors (Lipinski definition) is 1. The third kappa shape index (κ3) is 5.63. The molecule has 0 spiro atoms. The number of esters is 1. The number of rotatable bonds is 6. The maximum Gasteiger partial charge on any atom is 0.340 e. The first-order valence-corrected chi connectivity index (χ1v) is 13.7. The number of hydrogen-bond acceptors (Lipinski definition) is 5. The van der Waals surface area contributed by atoms with Crippen LogP contribution in [0.15, 0.2) is 41.3 Å². The van der Waals surface area contributed by atoms with Crippen molar-refractivity contribution in [3.63, 3.8) is 0 Å². The number of nitrogens with zero attached hydrogens (tertiary/aromatic N) is 1. The molecule has 2 bridgehead atoms. The van der Waals surface area contributed by atoms with Gasteiger partial charge in [0, 0.05) is 18.3 Å². The van der Waals surface area contributed by atoms with Gasteiger partial charge in [-0.3, -0.25) is 9.52 Å². The van der Waals surface area contributed by atoms with Gasteiger partial charge >= 0.3 is 5.97 Å². The van der Waals surface area contributed by atoms with Crippen molar-refractivity contribution in [1.82, 2.24) is 4.90 Å². The molecular weight excluding hydrogens is 530 g/mol. The van der Waals surface area contributed by atoms with E-state index in [2.05, 4.69) is 25.5 Å². The Labute approximate surface area is 220 Å². The van der Waals surface area contributed by atoms with Crippen LogP contribution in [0.1, 0.15) is 50.4 Å². The van der Waals surface area contributed by atoms with Crippen molar-refractivity contribution >= 4 is 50.8 Å². The molecule has 1 amide bonds. The third-order valence-corrected chi connectivity index (χ3v) is 8.85. The van der Waals surface area contributed by atoms with Crippen molar-refractivity contribution in [2.75, 3.05) is 17.9 Å². The summed E-state index contributed by atoms with van der Waals surface area (Å²) in [5.74, 6) is -1.78. The van der Waals surface area contributed by atoms with Crippen molar-refractivity contribution in [3.05, 3.63) is 57.8 Å². The largest absolute Gasteiger partial charge is 0.452 e. The molecule has 0 radical (unpaired) electrons. The lowest BCUT2D eigenvalue weighted by molar-refractivity contribution is -0.135. The number of carbonyl (C=O) groups excluding carboxylic acids is 2. The number of fused-ring (bicyclic) bond motifs is 2. The minimum atomic E-state index is -4.25. The van der Waals surface area contributed by atoms with Gasteiger partial charge in [0.05, 0.1) is 15.6 Å². The van der Waals surface area contributed by atoms with Crippen LogP contribution in [0.25, 0.3) is 0 Å². The zero-order chi connectivity index (χ0) is 26.5. The SMILES string of the molecule is CC1(C)CC2CC(C)(CN2C(=O)COC(=O)c2cc(S(=O)(=O)Nc3ccc(F)cc3)c(Cl)cc2Cl)C1. The van der Waals surface area contributed by atoms with Gasteiger partial charge in [0.1, 0.15) is 10.7 Å². The lowest BCUT2D eigenvalue weighted by Crippen LogP contribution is -2.39. The van der Waals surface area contributed by atoms with Crippen LogP contribution in [0.3, 0.4) is 0 Å². The summed E-state index contributed by atoms with van der Waals surface area (Å²) in [6.07, 6.45) is 2.82. The third-order valence-electron chi connectivity index (χ3n) is 6.69. The Hall–Kier alpha value is -2.36. The molecule has 1 aliphatic heterocycles. The van der Waals surface area contributed by atoms with E-state index in [1.807, 2.05) is 0 Å². The minimum absolute atomic E-state index is 0.0341. The first-order chi connectivity index (χ1) is 16.7. The highest BCUT2D eigenvalue weighted by Gasteiger charge is 2.51. The van der Waals surface area contributed by atoms with Crippen LogP contribution in [0, 0.1) is 16.6 Å². The van der Waals surface area contributed by atoms with Crippen LogP contribution in [-0.4, -0.2) is 44.4 Å². The second-order valence-corrected chi connectivity index (χ2v) is 13.2. The van der Waals surface area contributed by atoms with Gasteiger partial charge in [-0.15, -0.1) is 0 Å². The van der Waals surface area contributed by atoms with Gasteiger partial charge in [0.25, 0.3) is 15.9 Å². The smallest absolute Gasteiger partial charge is 0.340 e. The standard InChI is InChI=1S/C25H27Cl2FN2O5S/c1-24(2)10-17-11-25(3,13-24)14-30(17)22(31)12-35-23(32)18-8-21(20(27)9-19(18)26)36(33,34)29-16-6-4-15(28)5-7-16/h4-9,17,29H,10-14H2,1-3H3. The van der Waals surface area contributed by atoms with Crippen LogP contribution in [0.4, 0.5) is 10.1 Å². The average Bonchev–Trinajstić information content (AvgIpc) is 3.01. The number of likely N-dealkylation sites (tertiary alicyclic amines) is 1. The van der Waals surface area contributed by atoms with Crippen LogP contribution in [0.5, 0.6) is 0 Å². The van der Waals surface area contributed by atoms with Crippen LogP contribution >= 0.6 is 23.2 Å². The highest BCUT2D eigenvalue weighted by Crippen LogP contribution is 2.52. The van der Waals surface area contributed by atoms with Crippen LogP contribution in [-0.2, 0) is 19.6 Å². The summed E-state index contributed by atoms with van der Waals surface area (Å²) in [5, 5.41) is -0.341. The molecule has 1 saturated carbocycles. The summed E-state index contributed by atoms with van der Waals surface area (Å²) in [4.78, 5) is 27.1. The summed E-state index contributed by atoms with van der Waals surface area (Å²) in [6, 6.07) is 6.88. The van der Waals surface area contributed by atoms with Gasteiger partial charge in [-0.1, -0.05) is 44.0 Å². The molecule has 36 heavy (non-hydrogen) atoms. The van der Waals surface area contributed by atoms with E-state index in [0.29, 0.717) is 6.54 Å². The van der Waals surface area contributed by atoms with E-state index < -0.39 is 33.3 Å². The molecule has 1 heterocycles. The molecule has 0 aromatic heterocycles. The molecule has 2 atom stereocenters. The van der Waals surface area contributed by atoms with E-state index in [1.54, 1.807) is 4.90 Å². The van der Waals surface area contributed by atoms with Gasteiger partial charge in [-0.2, -0.15) is 0 Å². The number of nitrogens with one attached hydrogen (secondary N) is 1. The Morgan fingerprint density at radius 1 is 1.11 bits per heavy atom. The van der Waals surface area contributed by atoms with Crippen molar-refractivity contribution < 1.29 is 27.1 Å². The molecule has 2 unspecified atom stereocenters. The van der Waals surface area contributed by atoms with Crippen molar-refractivity contribution in [3.8, 4) is 0 Å². The Bertz CT molecular complexity index is 1320. The molecule has 194 valence electrons. The monoisotopic (exact) mass is 556 g/mol. The highest BCUT2D eigenvalue weighted by atomic mass is 35.5. The second-order valence-electron chi connectivity index (χ2n) is 10.7. The number of amides is 1. The van der Waals surface area contributed by atoms with Gasteiger partial charge in [0.15, 0.2) is 6.61 Å². The van der Waals surface area contributed by atoms with Gasteiger partial charge in [-0.25, -0.2) is 17.6 Å². The molecule has 1 saturated heterocycles. The Kier molecular flexibility index (Phi) is 7.05. The summed E-state index contributed by atoms with van der Waals surface area (Å²) in [7, 11) is -4.25. The summed E-state index contributed by atoms with van der Waals surface area (Å²) in [5.41, 5.74) is 0.0163. The van der Waals surface area contributed by atoms with E-state index in [4.69, 9.17) is 27.9 Å². The van der Waals surface area contributed by atoms with Crippen LogP contribution < -0.4 is 4.72 Å². The Morgan fingerprint density at radius 3 is 2.44 bits per heavy atom. The van der Waals surface area contributed by atoms with Gasteiger partial charge in [0.2, 0.25) is 0 Å². The second kappa shape index (κ2) is 9.50. The van der Waals surface area contributed by atoms with Crippen molar-refractivity contribution in [2.45, 2.75) is 51.0 Å². The molecule has 7 nitrogen and oxygen atoms in total. The summed E-state index contributed by atoms with van der Waals surface area (Å²) < 4.78 is 46.4. The predicted octanol–water partition coefficient (Wildman–Crippen LogP) is 5.52. The Balaban J connectivity index is 1.48. The fourth-order valence-electron chi connectivity index (χ4n) is 5.66. The molecule has 1 N–H and O–H groups in total. The van der Waals surface area contributed by atoms with Crippen LogP contribution in [0.2, 0.25) is 10.0 Å². The van der Waals surface area contributed by atoms with E-state index in [-0.39, 0.29) is 44.1 Å². The number of ether oxygens (including phenoxy) is 1. The zero-order valence-corrected chi connectivity index (χ0v) is 22.4. The van der Waals surface area contributed by atoms with Gasteiger partial charge in [-0.05, 0) is 66.5 Å². The van der Waals surface area contributed by atoms with Crippen molar-refractivity contribution in [2.24, 2.45) is 10.8 Å². The quantitative estimate of drug-likeness (QED) is 0.473. The molecule has 1 aliphatic carbocycles. The molecular formula is C25H27Cl2FN2O5S. The molecule has 2 aromatic carbocycles. The first-order valence-electron chi connectivity index (χ1n) is 11.4. The number of halogens is 3. The lowest BCUT2D eigenvalue weighted by Gasteiger charge is -2.39. The molecule has 2 fully saturated rings. The maximum absolute atomic E-state index is 13.1. The molecule has 11 heteroatoms. The predicted molar refractivity (Wildman–Crippen MR) is 135 cm³/mol. The number of benzene rings is 2. The van der Waals surface area contributed by atoms with E-state index in [1.165, 1.54) is 12.1 Å². The fraction of sp³-hybridized carbons (Fsp3) is 0.440. The van der Waals surface area contributed by atoms with Crippen molar-refractivity contribution in [1.29, 1.82) is 0 Å². The number of anilines is 1. The fourth-order valence-corrected chi connectivity index (χ4v) is 7.57. The molecule has 2 aliphatic rings. The normalized spacial score (nSPS) is 22.8. The average molecular weight is 557 g/mol.